The average Bonchev–Trinajstić information content (AvgIpc) is 2.52. The van der Waals surface area contributed by atoms with Crippen molar-refractivity contribution >= 4 is 22.9 Å². The van der Waals surface area contributed by atoms with Crippen LogP contribution in [-0.2, 0) is 0 Å². The van der Waals surface area contributed by atoms with E-state index in [2.05, 4.69) is 53.5 Å². The smallest absolute Gasteiger partial charge is 0.0629 e. The number of aromatic nitrogens is 1. The molecule has 1 nitrogen and oxygen atoms in total. The Morgan fingerprint density at radius 2 is 1.50 bits per heavy atom. The minimum Gasteiger partial charge on any atom is -0.257 e. The average molecular weight is 257 g/mol. The molecule has 0 aliphatic carbocycles. The van der Waals surface area contributed by atoms with Gasteiger partial charge < -0.3 is 0 Å². The van der Waals surface area contributed by atoms with Crippen LogP contribution >= 0.6 is 0 Å². The van der Waals surface area contributed by atoms with Gasteiger partial charge in [0.1, 0.15) is 0 Å². The molecule has 2 aromatic carbocycles. The lowest BCUT2D eigenvalue weighted by Gasteiger charge is -1.98. The van der Waals surface area contributed by atoms with Crippen molar-refractivity contribution in [2.75, 3.05) is 0 Å². The Morgan fingerprint density at radius 3 is 2.35 bits per heavy atom. The van der Waals surface area contributed by atoms with Gasteiger partial charge in [-0.3, -0.25) is 4.98 Å². The van der Waals surface area contributed by atoms with E-state index in [-0.39, 0.29) is 0 Å². The highest BCUT2D eigenvalue weighted by atomic mass is 14.6. The minimum absolute atomic E-state index is 0.968. The second-order valence-electron chi connectivity index (χ2n) is 4.58. The maximum absolute atomic E-state index is 4.24. The molecule has 96 valence electrons. The lowest BCUT2D eigenvalue weighted by molar-refractivity contribution is 1.30. The summed E-state index contributed by atoms with van der Waals surface area (Å²) in [5, 5.41) is 2.54. The van der Waals surface area contributed by atoms with Gasteiger partial charge in [-0.05, 0) is 40.6 Å². The molecule has 0 aliphatic rings. The highest BCUT2D eigenvalue weighted by Gasteiger charge is 1.92. The quantitative estimate of drug-likeness (QED) is 0.604. The van der Waals surface area contributed by atoms with E-state index < -0.39 is 0 Å². The first-order valence-electron chi connectivity index (χ1n) is 6.66. The number of hydrogen-bond donors (Lipinski definition) is 0. The van der Waals surface area contributed by atoms with Crippen LogP contribution in [0, 0.1) is 0 Å². The Kier molecular flexibility index (Phi) is 3.70. The summed E-state index contributed by atoms with van der Waals surface area (Å²) in [6.07, 6.45) is 9.95. The monoisotopic (exact) mass is 257 g/mol. The zero-order chi connectivity index (χ0) is 13.6. The van der Waals surface area contributed by atoms with Gasteiger partial charge >= 0.3 is 0 Å². The Bertz CT molecular complexity index is 755. The molecule has 20 heavy (non-hydrogen) atoms. The summed E-state index contributed by atoms with van der Waals surface area (Å²) in [5.74, 6) is 0. The summed E-state index contributed by atoms with van der Waals surface area (Å²) in [4.78, 5) is 4.24. The first kappa shape index (κ1) is 12.4. The van der Waals surface area contributed by atoms with Crippen molar-refractivity contribution in [1.29, 1.82) is 0 Å². The van der Waals surface area contributed by atoms with E-state index in [0.717, 1.165) is 5.69 Å². The molecule has 0 unspecified atom stereocenters. The van der Waals surface area contributed by atoms with Gasteiger partial charge in [0.25, 0.3) is 0 Å². The van der Waals surface area contributed by atoms with E-state index >= 15 is 0 Å². The number of fused-ring (bicyclic) bond motifs is 1. The predicted octanol–water partition coefficient (Wildman–Crippen LogP) is 4.96. The van der Waals surface area contributed by atoms with Crippen molar-refractivity contribution in [3.05, 3.63) is 90.3 Å². The van der Waals surface area contributed by atoms with Crippen LogP contribution in [0.1, 0.15) is 11.3 Å². The van der Waals surface area contributed by atoms with Crippen LogP contribution in [0.2, 0.25) is 0 Å². The van der Waals surface area contributed by atoms with Crippen LogP contribution in [0.4, 0.5) is 0 Å². The molecular formula is C19H15N. The van der Waals surface area contributed by atoms with Gasteiger partial charge in [-0.1, -0.05) is 60.7 Å². The molecule has 0 bridgehead atoms. The van der Waals surface area contributed by atoms with Crippen molar-refractivity contribution in [1.82, 2.24) is 4.98 Å². The van der Waals surface area contributed by atoms with Crippen LogP contribution in [0.5, 0.6) is 0 Å². The molecule has 3 rings (SSSR count). The fourth-order valence-electron chi connectivity index (χ4n) is 2.11. The van der Waals surface area contributed by atoms with Gasteiger partial charge in [0.05, 0.1) is 5.69 Å². The summed E-state index contributed by atoms with van der Waals surface area (Å²) < 4.78 is 0. The molecule has 1 heterocycles. The standard InChI is InChI=1S/C19H15N/c1(4-10-19-11-5-6-14-20-19)7-16-12-13-17-8-2-3-9-18(17)15-16/h1-15H/b7-1+,10-4+. The van der Waals surface area contributed by atoms with Crippen LogP contribution in [0.3, 0.4) is 0 Å². The normalized spacial score (nSPS) is 11.6. The van der Waals surface area contributed by atoms with E-state index in [9.17, 15) is 0 Å². The number of hydrogen-bond acceptors (Lipinski definition) is 1. The summed E-state index contributed by atoms with van der Waals surface area (Å²) in [7, 11) is 0. The predicted molar refractivity (Wildman–Crippen MR) is 86.3 cm³/mol. The Labute approximate surface area is 118 Å². The van der Waals surface area contributed by atoms with Crippen molar-refractivity contribution in [2.24, 2.45) is 0 Å². The number of allylic oxidation sites excluding steroid dienone is 2. The number of pyridine rings is 1. The SMILES string of the molecule is C(/C=C/c1ccccn1)=C\c1ccc2ccccc2c1. The lowest BCUT2D eigenvalue weighted by atomic mass is 10.1. The molecular weight excluding hydrogens is 242 g/mol. The van der Waals surface area contributed by atoms with E-state index in [4.69, 9.17) is 0 Å². The molecule has 0 radical (unpaired) electrons. The van der Waals surface area contributed by atoms with Gasteiger partial charge in [0, 0.05) is 6.20 Å². The first-order valence-corrected chi connectivity index (χ1v) is 6.66. The molecule has 0 saturated carbocycles. The minimum atomic E-state index is 0.968. The van der Waals surface area contributed by atoms with Gasteiger partial charge in [-0.2, -0.15) is 0 Å². The highest BCUT2D eigenvalue weighted by Crippen LogP contribution is 2.16. The molecule has 0 fully saturated rings. The fourth-order valence-corrected chi connectivity index (χ4v) is 2.11. The molecule has 0 aliphatic heterocycles. The van der Waals surface area contributed by atoms with E-state index in [1.165, 1.54) is 16.3 Å². The third-order valence-corrected chi connectivity index (χ3v) is 3.13. The van der Waals surface area contributed by atoms with E-state index in [1.54, 1.807) is 6.20 Å². The number of rotatable bonds is 3. The van der Waals surface area contributed by atoms with Crippen molar-refractivity contribution < 1.29 is 0 Å². The zero-order valence-electron chi connectivity index (χ0n) is 11.1. The fraction of sp³-hybridized carbons (Fsp3) is 0. The maximum Gasteiger partial charge on any atom is 0.0629 e. The molecule has 0 amide bonds. The van der Waals surface area contributed by atoms with Gasteiger partial charge in [-0.15, -0.1) is 0 Å². The van der Waals surface area contributed by atoms with Gasteiger partial charge in [0.2, 0.25) is 0 Å². The Balaban J connectivity index is 1.76. The largest absolute Gasteiger partial charge is 0.257 e. The van der Waals surface area contributed by atoms with E-state index in [1.807, 2.05) is 36.4 Å². The molecule has 0 spiro atoms. The van der Waals surface area contributed by atoms with Crippen LogP contribution in [0.15, 0.2) is 79.0 Å². The number of benzene rings is 2. The first-order chi connectivity index (χ1) is 9.92. The number of nitrogens with zero attached hydrogens (tertiary/aromatic N) is 1. The third kappa shape index (κ3) is 3.01. The van der Waals surface area contributed by atoms with Crippen LogP contribution in [0.25, 0.3) is 22.9 Å². The summed E-state index contributed by atoms with van der Waals surface area (Å²) in [5.41, 5.74) is 2.17. The topological polar surface area (TPSA) is 12.9 Å². The van der Waals surface area contributed by atoms with Gasteiger partial charge in [-0.25, -0.2) is 0 Å². The second-order valence-corrected chi connectivity index (χ2v) is 4.58. The molecule has 0 N–H and O–H groups in total. The summed E-state index contributed by atoms with van der Waals surface area (Å²) >= 11 is 0. The zero-order valence-corrected chi connectivity index (χ0v) is 11.1. The molecule has 1 aromatic heterocycles. The Hall–Kier alpha value is -2.67. The van der Waals surface area contributed by atoms with Crippen LogP contribution < -0.4 is 0 Å². The van der Waals surface area contributed by atoms with Crippen molar-refractivity contribution in [2.45, 2.75) is 0 Å². The second kappa shape index (κ2) is 5.98. The third-order valence-electron chi connectivity index (χ3n) is 3.13. The molecule has 3 aromatic rings. The molecule has 1 heteroatoms. The Morgan fingerprint density at radius 1 is 0.700 bits per heavy atom. The summed E-state index contributed by atoms with van der Waals surface area (Å²) in [6.45, 7) is 0. The molecule has 0 atom stereocenters. The highest BCUT2D eigenvalue weighted by molar-refractivity contribution is 5.84. The lowest BCUT2D eigenvalue weighted by Crippen LogP contribution is -1.76. The van der Waals surface area contributed by atoms with Crippen molar-refractivity contribution in [3.63, 3.8) is 0 Å². The molecule has 0 saturated heterocycles. The van der Waals surface area contributed by atoms with Crippen LogP contribution in [-0.4, -0.2) is 4.98 Å². The van der Waals surface area contributed by atoms with Crippen molar-refractivity contribution in [3.8, 4) is 0 Å². The summed E-state index contributed by atoms with van der Waals surface area (Å²) in [6, 6.07) is 20.8. The maximum atomic E-state index is 4.24. The van der Waals surface area contributed by atoms with E-state index in [0.29, 0.717) is 0 Å². The van der Waals surface area contributed by atoms with Gasteiger partial charge in [0.15, 0.2) is 0 Å².